The molecule has 1 aliphatic rings. The number of benzene rings is 1. The second-order valence-electron chi connectivity index (χ2n) is 5.12. The van der Waals surface area contributed by atoms with Crippen LogP contribution in [0.1, 0.15) is 25.5 Å². The highest BCUT2D eigenvalue weighted by atomic mass is 32.2. The van der Waals surface area contributed by atoms with Gasteiger partial charge in [-0.2, -0.15) is 11.8 Å². The number of hydrogen-bond donors (Lipinski definition) is 1. The number of nitrogens with zero attached hydrogens (tertiary/aromatic N) is 1. The Balaban J connectivity index is 2.14. The van der Waals surface area contributed by atoms with Crippen LogP contribution < -0.4 is 4.74 Å². The quantitative estimate of drug-likeness (QED) is 0.905. The van der Waals surface area contributed by atoms with Gasteiger partial charge < -0.3 is 9.84 Å². The lowest BCUT2D eigenvalue weighted by atomic mass is 10.1. The van der Waals surface area contributed by atoms with Gasteiger partial charge in [0.25, 0.3) is 0 Å². The highest BCUT2D eigenvalue weighted by molar-refractivity contribution is 7.99. The van der Waals surface area contributed by atoms with Gasteiger partial charge in [0.2, 0.25) is 0 Å². The van der Waals surface area contributed by atoms with Gasteiger partial charge >= 0.3 is 5.97 Å². The van der Waals surface area contributed by atoms with Crippen LogP contribution in [0.15, 0.2) is 24.3 Å². The fourth-order valence-electron chi connectivity index (χ4n) is 2.35. The second kappa shape index (κ2) is 6.99. The van der Waals surface area contributed by atoms with Gasteiger partial charge in [-0.1, -0.05) is 12.1 Å². The minimum atomic E-state index is -0.783. The number of thioether (sulfide) groups is 1. The molecule has 1 heterocycles. The summed E-state index contributed by atoms with van der Waals surface area (Å²) in [6.07, 6.45) is 0.121. The van der Waals surface area contributed by atoms with Gasteiger partial charge in [0, 0.05) is 24.6 Å². The van der Waals surface area contributed by atoms with Crippen LogP contribution in [0.3, 0.4) is 0 Å². The Morgan fingerprint density at radius 2 is 1.85 bits per heavy atom. The topological polar surface area (TPSA) is 49.8 Å². The fourth-order valence-corrected chi connectivity index (χ4v) is 3.28. The number of aliphatic carboxylic acids is 1. The summed E-state index contributed by atoms with van der Waals surface area (Å²) in [6.45, 7) is 5.59. The second-order valence-corrected chi connectivity index (χ2v) is 6.35. The average Bonchev–Trinajstić information content (AvgIpc) is 2.41. The predicted molar refractivity (Wildman–Crippen MR) is 81.5 cm³/mol. The predicted octanol–water partition coefficient (Wildman–Crippen LogP) is 2.65. The summed E-state index contributed by atoms with van der Waals surface area (Å²) in [6, 6.07) is 6.87. The normalized spacial score (nSPS) is 17.9. The Bertz CT molecular complexity index is 441. The van der Waals surface area contributed by atoms with E-state index in [2.05, 4.69) is 0 Å². The molecule has 0 saturated carbocycles. The molecule has 0 spiro atoms. The number of carbonyl (C=O) groups is 1. The lowest BCUT2D eigenvalue weighted by molar-refractivity contribution is -0.143. The van der Waals surface area contributed by atoms with Crippen molar-refractivity contribution in [3.63, 3.8) is 0 Å². The van der Waals surface area contributed by atoms with Crippen LogP contribution >= 0.6 is 11.8 Å². The number of carboxylic acids is 1. The highest BCUT2D eigenvalue weighted by Gasteiger charge is 2.28. The Morgan fingerprint density at radius 3 is 2.35 bits per heavy atom. The van der Waals surface area contributed by atoms with Gasteiger partial charge in [-0.3, -0.25) is 9.69 Å². The van der Waals surface area contributed by atoms with Gasteiger partial charge in [-0.15, -0.1) is 0 Å². The van der Waals surface area contributed by atoms with Crippen molar-refractivity contribution in [3.05, 3.63) is 29.8 Å². The van der Waals surface area contributed by atoms with Gasteiger partial charge in [0.1, 0.15) is 11.8 Å². The lowest BCUT2D eigenvalue weighted by Gasteiger charge is -2.32. The monoisotopic (exact) mass is 295 g/mol. The van der Waals surface area contributed by atoms with Crippen LogP contribution in [-0.2, 0) is 4.79 Å². The van der Waals surface area contributed by atoms with Crippen molar-refractivity contribution in [2.24, 2.45) is 0 Å². The Morgan fingerprint density at radius 1 is 1.25 bits per heavy atom. The number of rotatable bonds is 5. The van der Waals surface area contributed by atoms with E-state index in [9.17, 15) is 9.90 Å². The molecule has 4 nitrogen and oxygen atoms in total. The lowest BCUT2D eigenvalue weighted by Crippen LogP contribution is -2.39. The van der Waals surface area contributed by atoms with E-state index in [1.54, 1.807) is 0 Å². The first-order valence-electron chi connectivity index (χ1n) is 6.89. The molecule has 1 fully saturated rings. The highest BCUT2D eigenvalue weighted by Crippen LogP contribution is 2.26. The molecule has 0 unspecified atom stereocenters. The molecular weight excluding hydrogens is 274 g/mol. The fraction of sp³-hybridized carbons (Fsp3) is 0.533. The Labute approximate surface area is 124 Å². The Kier molecular flexibility index (Phi) is 5.31. The minimum absolute atomic E-state index is 0.121. The maximum Gasteiger partial charge on any atom is 0.325 e. The summed E-state index contributed by atoms with van der Waals surface area (Å²) in [4.78, 5) is 13.6. The molecule has 1 atom stereocenters. The summed E-state index contributed by atoms with van der Waals surface area (Å²) in [7, 11) is 0. The van der Waals surface area contributed by atoms with E-state index in [1.165, 1.54) is 0 Å². The molecule has 0 aliphatic carbocycles. The van der Waals surface area contributed by atoms with E-state index >= 15 is 0 Å². The first-order chi connectivity index (χ1) is 9.58. The minimum Gasteiger partial charge on any atom is -0.491 e. The summed E-state index contributed by atoms with van der Waals surface area (Å²) >= 11 is 1.88. The third kappa shape index (κ3) is 3.90. The Hall–Kier alpha value is -1.20. The van der Waals surface area contributed by atoms with E-state index in [1.807, 2.05) is 54.8 Å². The molecule has 1 aliphatic heterocycles. The number of hydrogen-bond acceptors (Lipinski definition) is 4. The third-order valence-corrected chi connectivity index (χ3v) is 4.15. The van der Waals surface area contributed by atoms with E-state index in [4.69, 9.17) is 4.74 Å². The van der Waals surface area contributed by atoms with Crippen molar-refractivity contribution in [2.75, 3.05) is 24.6 Å². The standard InChI is InChI=1S/C15H21NO3S/c1-11(2)19-13-5-3-12(4-6-13)14(15(17)18)16-7-9-20-10-8-16/h3-6,11,14H,7-10H2,1-2H3,(H,17,18)/t14-/m0/s1. The molecule has 20 heavy (non-hydrogen) atoms. The van der Waals surface area contributed by atoms with Crippen LogP contribution in [0.25, 0.3) is 0 Å². The van der Waals surface area contributed by atoms with Crippen LogP contribution in [0.5, 0.6) is 5.75 Å². The molecule has 0 aromatic heterocycles. The van der Waals surface area contributed by atoms with Crippen molar-refractivity contribution in [3.8, 4) is 5.75 Å². The van der Waals surface area contributed by atoms with E-state index in [0.29, 0.717) is 0 Å². The molecule has 2 rings (SSSR count). The van der Waals surface area contributed by atoms with Crippen molar-refractivity contribution in [2.45, 2.75) is 26.0 Å². The molecule has 1 saturated heterocycles. The van der Waals surface area contributed by atoms with Gasteiger partial charge in [0.15, 0.2) is 0 Å². The third-order valence-electron chi connectivity index (χ3n) is 3.21. The molecule has 1 N–H and O–H groups in total. The zero-order chi connectivity index (χ0) is 14.5. The molecule has 0 amide bonds. The SMILES string of the molecule is CC(C)Oc1ccc([C@@H](C(=O)O)N2CCSCC2)cc1. The van der Waals surface area contributed by atoms with E-state index < -0.39 is 12.0 Å². The van der Waals surface area contributed by atoms with E-state index in [0.717, 1.165) is 35.9 Å². The molecule has 1 aromatic carbocycles. The number of carboxylic acid groups (broad SMARTS) is 1. The first kappa shape index (κ1) is 15.2. The first-order valence-corrected chi connectivity index (χ1v) is 8.04. The zero-order valence-corrected chi connectivity index (χ0v) is 12.7. The average molecular weight is 295 g/mol. The number of ether oxygens (including phenoxy) is 1. The van der Waals surface area contributed by atoms with Crippen molar-refractivity contribution < 1.29 is 14.6 Å². The smallest absolute Gasteiger partial charge is 0.325 e. The summed E-state index contributed by atoms with van der Waals surface area (Å²) in [5, 5.41) is 9.51. The molecular formula is C15H21NO3S. The molecule has 1 aromatic rings. The maximum absolute atomic E-state index is 11.6. The summed E-state index contributed by atoms with van der Waals surface area (Å²) < 4.78 is 5.59. The van der Waals surface area contributed by atoms with Crippen molar-refractivity contribution >= 4 is 17.7 Å². The molecule has 0 bridgehead atoms. The van der Waals surface area contributed by atoms with Crippen LogP contribution in [0.2, 0.25) is 0 Å². The maximum atomic E-state index is 11.6. The summed E-state index contributed by atoms with van der Waals surface area (Å²) in [5.41, 5.74) is 0.820. The van der Waals surface area contributed by atoms with Gasteiger partial charge in [0.05, 0.1) is 6.10 Å². The van der Waals surface area contributed by atoms with Crippen LogP contribution in [0.4, 0.5) is 0 Å². The largest absolute Gasteiger partial charge is 0.491 e. The van der Waals surface area contributed by atoms with Gasteiger partial charge in [-0.05, 0) is 31.5 Å². The summed E-state index contributed by atoms with van der Waals surface area (Å²) in [5.74, 6) is 1.99. The van der Waals surface area contributed by atoms with Crippen LogP contribution in [0, 0.1) is 0 Å². The van der Waals surface area contributed by atoms with Crippen LogP contribution in [-0.4, -0.2) is 46.7 Å². The molecule has 0 radical (unpaired) electrons. The molecule has 5 heteroatoms. The van der Waals surface area contributed by atoms with Crippen molar-refractivity contribution in [1.82, 2.24) is 4.90 Å². The molecule has 110 valence electrons. The van der Waals surface area contributed by atoms with Crippen molar-refractivity contribution in [1.29, 1.82) is 0 Å². The van der Waals surface area contributed by atoms with Gasteiger partial charge in [-0.25, -0.2) is 0 Å². The van der Waals surface area contributed by atoms with E-state index in [-0.39, 0.29) is 6.10 Å². The zero-order valence-electron chi connectivity index (χ0n) is 11.9.